The van der Waals surface area contributed by atoms with E-state index < -0.39 is 0 Å². The van der Waals surface area contributed by atoms with Gasteiger partial charge in [-0.1, -0.05) is 36.4 Å². The Hall–Kier alpha value is -2.79. The van der Waals surface area contributed by atoms with Gasteiger partial charge in [-0.05, 0) is 44.5 Å². The molecule has 144 valence electrons. The van der Waals surface area contributed by atoms with Gasteiger partial charge in [-0.25, -0.2) is 4.39 Å². The molecule has 4 nitrogen and oxygen atoms in total. The molecule has 5 heteroatoms. The fraction of sp³-hybridized carbons (Fsp3) is 0.304. The van der Waals surface area contributed by atoms with Crippen LogP contribution in [0.1, 0.15) is 34.5 Å². The van der Waals surface area contributed by atoms with E-state index in [1.807, 2.05) is 49.4 Å². The maximum absolute atomic E-state index is 14.0. The zero-order valence-corrected chi connectivity index (χ0v) is 16.0. The largest absolute Gasteiger partial charge is 0.348 e. The molecule has 0 aliphatic carbocycles. The highest BCUT2D eigenvalue weighted by Gasteiger charge is 2.23. The molecule has 1 unspecified atom stereocenters. The summed E-state index contributed by atoms with van der Waals surface area (Å²) >= 11 is 0. The Morgan fingerprint density at radius 3 is 2.86 bits per heavy atom. The van der Waals surface area contributed by atoms with Crippen LogP contribution in [-0.4, -0.2) is 34.9 Å². The summed E-state index contributed by atoms with van der Waals surface area (Å²) in [6.07, 6.45) is 1.91. The summed E-state index contributed by atoms with van der Waals surface area (Å²) in [6, 6.07) is 16.5. The minimum Gasteiger partial charge on any atom is -0.348 e. The number of nitrogens with one attached hydrogen (secondary N) is 1. The summed E-state index contributed by atoms with van der Waals surface area (Å²) in [7, 11) is 0. The maximum Gasteiger partial charge on any atom is 0.252 e. The standard InChI is InChI=1S/C23H24FN3O/c1-16-13-20(19-9-3-5-11-22(19)25-16)23(28)26-18-8-6-12-27(15-18)14-17-7-2-4-10-21(17)24/h2-5,7,9-11,13,18H,6,8,12,14-15H2,1H3,(H,26,28). The number of halogens is 1. The second-order valence-corrected chi connectivity index (χ2v) is 7.47. The number of hydrogen-bond donors (Lipinski definition) is 1. The summed E-state index contributed by atoms with van der Waals surface area (Å²) in [4.78, 5) is 19.7. The Morgan fingerprint density at radius 1 is 1.21 bits per heavy atom. The number of pyridine rings is 1. The maximum atomic E-state index is 14.0. The molecule has 2 heterocycles. The van der Waals surface area contributed by atoms with Crippen molar-refractivity contribution in [3.63, 3.8) is 0 Å². The van der Waals surface area contributed by atoms with Crippen molar-refractivity contribution in [1.29, 1.82) is 0 Å². The molecule has 1 aromatic heterocycles. The molecular formula is C23H24FN3O. The number of benzene rings is 2. The third kappa shape index (κ3) is 4.04. The number of nitrogens with zero attached hydrogens (tertiary/aromatic N) is 2. The lowest BCUT2D eigenvalue weighted by molar-refractivity contribution is 0.0901. The predicted octanol–water partition coefficient (Wildman–Crippen LogP) is 4.08. The first-order valence-electron chi connectivity index (χ1n) is 9.73. The van der Waals surface area contributed by atoms with E-state index in [0.717, 1.165) is 42.5 Å². The topological polar surface area (TPSA) is 45.2 Å². The van der Waals surface area contributed by atoms with Gasteiger partial charge in [0.05, 0.1) is 11.1 Å². The number of carbonyl (C=O) groups excluding carboxylic acids is 1. The van der Waals surface area contributed by atoms with Crippen LogP contribution < -0.4 is 5.32 Å². The summed E-state index contributed by atoms with van der Waals surface area (Å²) in [5, 5.41) is 4.05. The van der Waals surface area contributed by atoms with E-state index in [-0.39, 0.29) is 17.8 Å². The third-order valence-electron chi connectivity index (χ3n) is 5.28. The fourth-order valence-electron chi connectivity index (χ4n) is 3.94. The summed E-state index contributed by atoms with van der Waals surface area (Å²) in [5.41, 5.74) is 3.02. The number of carbonyl (C=O) groups is 1. The highest BCUT2D eigenvalue weighted by molar-refractivity contribution is 6.06. The van der Waals surface area contributed by atoms with Gasteiger partial charge in [-0.3, -0.25) is 14.7 Å². The first kappa shape index (κ1) is 18.6. The van der Waals surface area contributed by atoms with Crippen LogP contribution in [0.25, 0.3) is 10.9 Å². The Bertz CT molecular complexity index is 1000. The van der Waals surface area contributed by atoms with Gasteiger partial charge in [0, 0.05) is 35.8 Å². The smallest absolute Gasteiger partial charge is 0.252 e. The highest BCUT2D eigenvalue weighted by atomic mass is 19.1. The van der Waals surface area contributed by atoms with Gasteiger partial charge in [0.2, 0.25) is 0 Å². The molecule has 1 amide bonds. The number of fused-ring (bicyclic) bond motifs is 1. The lowest BCUT2D eigenvalue weighted by Crippen LogP contribution is -2.47. The average molecular weight is 377 g/mol. The van der Waals surface area contributed by atoms with Gasteiger partial charge in [0.15, 0.2) is 0 Å². The van der Waals surface area contributed by atoms with E-state index in [1.54, 1.807) is 6.07 Å². The number of aryl methyl sites for hydroxylation is 1. The number of rotatable bonds is 4. The van der Waals surface area contributed by atoms with Crippen molar-refractivity contribution in [1.82, 2.24) is 15.2 Å². The molecule has 28 heavy (non-hydrogen) atoms. The Kier molecular flexibility index (Phi) is 5.35. The molecule has 0 saturated carbocycles. The van der Waals surface area contributed by atoms with Crippen molar-refractivity contribution in [3.05, 3.63) is 77.2 Å². The SMILES string of the molecule is Cc1cc(C(=O)NC2CCCN(Cc3ccccc3F)C2)c2ccccc2n1. The number of amides is 1. The van der Waals surface area contributed by atoms with E-state index >= 15 is 0 Å². The van der Waals surface area contributed by atoms with Crippen LogP contribution >= 0.6 is 0 Å². The van der Waals surface area contributed by atoms with E-state index in [4.69, 9.17) is 0 Å². The molecule has 0 spiro atoms. The quantitative estimate of drug-likeness (QED) is 0.745. The van der Waals surface area contributed by atoms with Gasteiger partial charge in [-0.15, -0.1) is 0 Å². The Morgan fingerprint density at radius 2 is 2.00 bits per heavy atom. The molecule has 1 aliphatic heterocycles. The number of para-hydroxylation sites is 1. The molecule has 1 atom stereocenters. The van der Waals surface area contributed by atoms with Crippen molar-refractivity contribution in [2.24, 2.45) is 0 Å². The molecule has 1 N–H and O–H groups in total. The van der Waals surface area contributed by atoms with Gasteiger partial charge >= 0.3 is 0 Å². The molecule has 1 fully saturated rings. The zero-order valence-electron chi connectivity index (χ0n) is 16.0. The van der Waals surface area contributed by atoms with Gasteiger partial charge < -0.3 is 5.32 Å². The van der Waals surface area contributed by atoms with Crippen LogP contribution in [0.5, 0.6) is 0 Å². The number of aromatic nitrogens is 1. The van der Waals surface area contributed by atoms with Gasteiger partial charge in [-0.2, -0.15) is 0 Å². The lowest BCUT2D eigenvalue weighted by Gasteiger charge is -2.33. The van der Waals surface area contributed by atoms with Crippen LogP contribution in [-0.2, 0) is 6.54 Å². The molecule has 2 aromatic carbocycles. The second-order valence-electron chi connectivity index (χ2n) is 7.47. The van der Waals surface area contributed by atoms with Crippen molar-refractivity contribution in [3.8, 4) is 0 Å². The normalized spacial score (nSPS) is 17.6. The minimum atomic E-state index is -0.174. The van der Waals surface area contributed by atoms with Crippen molar-refractivity contribution < 1.29 is 9.18 Å². The van der Waals surface area contributed by atoms with Crippen LogP contribution in [0.15, 0.2) is 54.6 Å². The van der Waals surface area contributed by atoms with Crippen LogP contribution in [0.2, 0.25) is 0 Å². The molecule has 0 radical (unpaired) electrons. The minimum absolute atomic E-state index is 0.0558. The highest BCUT2D eigenvalue weighted by Crippen LogP contribution is 2.20. The second kappa shape index (κ2) is 8.07. The van der Waals surface area contributed by atoms with Gasteiger partial charge in [0.1, 0.15) is 5.82 Å². The zero-order chi connectivity index (χ0) is 19.5. The van der Waals surface area contributed by atoms with Gasteiger partial charge in [0.25, 0.3) is 5.91 Å². The first-order chi connectivity index (χ1) is 13.6. The molecular weight excluding hydrogens is 353 g/mol. The molecule has 0 bridgehead atoms. The lowest BCUT2D eigenvalue weighted by atomic mass is 10.0. The van der Waals surface area contributed by atoms with E-state index in [0.29, 0.717) is 17.7 Å². The number of piperidine rings is 1. The van der Waals surface area contributed by atoms with Crippen molar-refractivity contribution in [2.75, 3.05) is 13.1 Å². The Balaban J connectivity index is 1.47. The number of hydrogen-bond acceptors (Lipinski definition) is 3. The van der Waals surface area contributed by atoms with Crippen molar-refractivity contribution in [2.45, 2.75) is 32.4 Å². The monoisotopic (exact) mass is 377 g/mol. The van der Waals surface area contributed by atoms with Crippen molar-refractivity contribution >= 4 is 16.8 Å². The Labute approximate surface area is 164 Å². The predicted molar refractivity (Wildman–Crippen MR) is 109 cm³/mol. The van der Waals surface area contributed by atoms with Crippen LogP contribution in [0.3, 0.4) is 0 Å². The molecule has 3 aromatic rings. The third-order valence-corrected chi connectivity index (χ3v) is 5.28. The fourth-order valence-corrected chi connectivity index (χ4v) is 3.94. The summed E-state index contributed by atoms with van der Waals surface area (Å²) < 4.78 is 14.0. The average Bonchev–Trinajstić information content (AvgIpc) is 2.69. The number of likely N-dealkylation sites (tertiary alicyclic amines) is 1. The van der Waals surface area contributed by atoms with E-state index in [1.165, 1.54) is 6.07 Å². The van der Waals surface area contributed by atoms with E-state index in [9.17, 15) is 9.18 Å². The van der Waals surface area contributed by atoms with Crippen LogP contribution in [0, 0.1) is 12.7 Å². The summed E-state index contributed by atoms with van der Waals surface area (Å²) in [6.45, 7) is 4.11. The first-order valence-corrected chi connectivity index (χ1v) is 9.73. The van der Waals surface area contributed by atoms with Crippen LogP contribution in [0.4, 0.5) is 4.39 Å². The summed E-state index contributed by atoms with van der Waals surface area (Å²) in [5.74, 6) is -0.244. The molecule has 1 aliphatic rings. The van der Waals surface area contributed by atoms with E-state index in [2.05, 4.69) is 15.2 Å². The molecule has 4 rings (SSSR count). The molecule has 1 saturated heterocycles.